The SMILES string of the molecule is Cc1cccnc1C(NC(=O)c1ccc(CN2C(=O)c3ccccc3C2=O)cc1)C(C)C. The maximum Gasteiger partial charge on any atom is 0.261 e. The molecule has 1 atom stereocenters. The van der Waals surface area contributed by atoms with E-state index in [4.69, 9.17) is 0 Å². The molecule has 1 unspecified atom stereocenters. The maximum absolute atomic E-state index is 12.9. The number of benzene rings is 2. The van der Waals surface area contributed by atoms with Crippen LogP contribution in [0.15, 0.2) is 66.9 Å². The lowest BCUT2D eigenvalue weighted by Crippen LogP contribution is -2.33. The fourth-order valence-electron chi connectivity index (χ4n) is 3.93. The molecule has 1 aromatic heterocycles. The maximum atomic E-state index is 12.9. The highest BCUT2D eigenvalue weighted by Crippen LogP contribution is 2.25. The van der Waals surface area contributed by atoms with Gasteiger partial charge in [0.05, 0.1) is 29.4 Å². The Morgan fingerprint density at radius 1 is 0.938 bits per heavy atom. The van der Waals surface area contributed by atoms with Gasteiger partial charge < -0.3 is 5.32 Å². The van der Waals surface area contributed by atoms with Gasteiger partial charge in [-0.3, -0.25) is 24.3 Å². The van der Waals surface area contributed by atoms with Crippen LogP contribution >= 0.6 is 0 Å². The van der Waals surface area contributed by atoms with Crippen LogP contribution < -0.4 is 5.32 Å². The summed E-state index contributed by atoms with van der Waals surface area (Å²) in [6.07, 6.45) is 1.73. The third-order valence-electron chi connectivity index (χ3n) is 5.73. The second kappa shape index (κ2) is 8.75. The van der Waals surface area contributed by atoms with Crippen molar-refractivity contribution in [2.75, 3.05) is 0 Å². The van der Waals surface area contributed by atoms with Crippen molar-refractivity contribution in [2.45, 2.75) is 33.4 Å². The number of amides is 3. The van der Waals surface area contributed by atoms with Crippen molar-refractivity contribution >= 4 is 17.7 Å². The fourth-order valence-corrected chi connectivity index (χ4v) is 3.93. The second-order valence-corrected chi connectivity index (χ2v) is 8.34. The van der Waals surface area contributed by atoms with Gasteiger partial charge in [-0.25, -0.2) is 0 Å². The van der Waals surface area contributed by atoms with Crippen molar-refractivity contribution in [3.63, 3.8) is 0 Å². The van der Waals surface area contributed by atoms with Crippen LogP contribution in [-0.4, -0.2) is 27.6 Å². The lowest BCUT2D eigenvalue weighted by atomic mass is 9.97. The summed E-state index contributed by atoms with van der Waals surface area (Å²) in [5, 5.41) is 3.09. The van der Waals surface area contributed by atoms with Crippen LogP contribution in [0.2, 0.25) is 0 Å². The van der Waals surface area contributed by atoms with E-state index in [2.05, 4.69) is 10.3 Å². The quantitative estimate of drug-likeness (QED) is 0.595. The summed E-state index contributed by atoms with van der Waals surface area (Å²) in [7, 11) is 0. The van der Waals surface area contributed by atoms with Gasteiger partial charge in [0.1, 0.15) is 0 Å². The van der Waals surface area contributed by atoms with E-state index in [-0.39, 0.29) is 36.2 Å². The van der Waals surface area contributed by atoms with Crippen LogP contribution in [-0.2, 0) is 6.54 Å². The predicted molar refractivity (Wildman–Crippen MR) is 121 cm³/mol. The van der Waals surface area contributed by atoms with Gasteiger partial charge in [-0.1, -0.05) is 44.2 Å². The Labute approximate surface area is 187 Å². The van der Waals surface area contributed by atoms with Gasteiger partial charge in [0, 0.05) is 11.8 Å². The first kappa shape index (κ1) is 21.4. The number of hydrogen-bond acceptors (Lipinski definition) is 4. The lowest BCUT2D eigenvalue weighted by molar-refractivity contribution is 0.0641. The Morgan fingerprint density at radius 2 is 1.56 bits per heavy atom. The Balaban J connectivity index is 1.47. The van der Waals surface area contributed by atoms with Crippen LogP contribution in [0.25, 0.3) is 0 Å². The number of aryl methyl sites for hydroxylation is 1. The summed E-state index contributed by atoms with van der Waals surface area (Å²) >= 11 is 0. The van der Waals surface area contributed by atoms with Gasteiger partial charge in [-0.15, -0.1) is 0 Å². The van der Waals surface area contributed by atoms with E-state index in [1.807, 2.05) is 32.9 Å². The smallest absolute Gasteiger partial charge is 0.261 e. The molecule has 0 saturated heterocycles. The molecule has 0 fully saturated rings. The molecule has 0 aliphatic carbocycles. The number of hydrogen-bond donors (Lipinski definition) is 1. The number of carbonyl (C=O) groups excluding carboxylic acids is 3. The van der Waals surface area contributed by atoms with E-state index in [0.717, 1.165) is 16.8 Å². The zero-order chi connectivity index (χ0) is 22.8. The molecule has 2 heterocycles. The molecule has 4 rings (SSSR count). The minimum Gasteiger partial charge on any atom is -0.343 e. The zero-order valence-electron chi connectivity index (χ0n) is 18.3. The van der Waals surface area contributed by atoms with Gasteiger partial charge in [-0.2, -0.15) is 0 Å². The molecule has 0 spiro atoms. The molecule has 2 aromatic carbocycles. The molecule has 6 heteroatoms. The molecule has 0 saturated carbocycles. The second-order valence-electron chi connectivity index (χ2n) is 8.34. The monoisotopic (exact) mass is 427 g/mol. The largest absolute Gasteiger partial charge is 0.343 e. The van der Waals surface area contributed by atoms with Gasteiger partial charge in [-0.05, 0) is 54.3 Å². The topological polar surface area (TPSA) is 79.4 Å². The Morgan fingerprint density at radius 3 is 2.12 bits per heavy atom. The van der Waals surface area contributed by atoms with Crippen LogP contribution in [0.3, 0.4) is 0 Å². The van der Waals surface area contributed by atoms with Crippen LogP contribution in [0.1, 0.15) is 67.8 Å². The normalized spacial score (nSPS) is 13.9. The molecule has 0 bridgehead atoms. The predicted octanol–water partition coefficient (Wildman–Crippen LogP) is 4.31. The first-order valence-electron chi connectivity index (χ1n) is 10.6. The third kappa shape index (κ3) is 4.04. The number of carbonyl (C=O) groups is 3. The average molecular weight is 428 g/mol. The molecule has 3 aromatic rings. The van der Waals surface area contributed by atoms with Crippen LogP contribution in [0, 0.1) is 12.8 Å². The van der Waals surface area contributed by atoms with E-state index < -0.39 is 0 Å². The summed E-state index contributed by atoms with van der Waals surface area (Å²) in [6, 6.07) is 17.5. The van der Waals surface area contributed by atoms with Crippen molar-refractivity contribution in [2.24, 2.45) is 5.92 Å². The summed E-state index contributed by atoms with van der Waals surface area (Å²) in [4.78, 5) is 43.7. The number of pyridine rings is 1. The highest BCUT2D eigenvalue weighted by Gasteiger charge is 2.35. The number of rotatable bonds is 6. The molecule has 0 radical (unpaired) electrons. The fraction of sp³-hybridized carbons (Fsp3) is 0.231. The first-order valence-corrected chi connectivity index (χ1v) is 10.6. The molecular weight excluding hydrogens is 402 g/mol. The number of aromatic nitrogens is 1. The van der Waals surface area contributed by atoms with Crippen molar-refractivity contribution in [1.82, 2.24) is 15.2 Å². The van der Waals surface area contributed by atoms with E-state index in [1.165, 1.54) is 4.90 Å². The van der Waals surface area contributed by atoms with Crippen molar-refractivity contribution in [3.8, 4) is 0 Å². The summed E-state index contributed by atoms with van der Waals surface area (Å²) in [5.41, 5.74) is 4.03. The van der Waals surface area contributed by atoms with Crippen molar-refractivity contribution < 1.29 is 14.4 Å². The molecule has 1 aliphatic rings. The number of nitrogens with one attached hydrogen (secondary N) is 1. The number of imide groups is 1. The minimum absolute atomic E-state index is 0.163. The molecule has 162 valence electrons. The lowest BCUT2D eigenvalue weighted by Gasteiger charge is -2.23. The van der Waals surface area contributed by atoms with Crippen molar-refractivity contribution in [3.05, 3.63) is 100 Å². The number of nitrogens with zero attached hydrogens (tertiary/aromatic N) is 2. The third-order valence-corrected chi connectivity index (χ3v) is 5.73. The summed E-state index contributed by atoms with van der Waals surface area (Å²) in [6.45, 7) is 6.24. The van der Waals surface area contributed by atoms with Crippen LogP contribution in [0.5, 0.6) is 0 Å². The standard InChI is InChI=1S/C26H25N3O3/c1-16(2)22(23-17(3)7-6-14-27-23)28-24(30)19-12-10-18(11-13-19)15-29-25(31)20-8-4-5-9-21(20)26(29)32/h4-14,16,22H,15H2,1-3H3,(H,28,30). The van der Waals surface area contributed by atoms with E-state index in [9.17, 15) is 14.4 Å². The van der Waals surface area contributed by atoms with Gasteiger partial charge >= 0.3 is 0 Å². The molecule has 6 nitrogen and oxygen atoms in total. The minimum atomic E-state index is -0.294. The molecule has 32 heavy (non-hydrogen) atoms. The van der Waals surface area contributed by atoms with Crippen molar-refractivity contribution in [1.29, 1.82) is 0 Å². The Kier molecular flexibility index (Phi) is 5.86. The Bertz CT molecular complexity index is 1150. The molecule has 1 aliphatic heterocycles. The van der Waals surface area contributed by atoms with Gasteiger partial charge in [0.25, 0.3) is 17.7 Å². The first-order chi connectivity index (χ1) is 15.4. The van der Waals surface area contributed by atoms with E-state index in [1.54, 1.807) is 54.7 Å². The highest BCUT2D eigenvalue weighted by atomic mass is 16.2. The Hall–Kier alpha value is -3.80. The molecule has 1 N–H and O–H groups in total. The highest BCUT2D eigenvalue weighted by molar-refractivity contribution is 6.21. The molecular formula is C26H25N3O3. The average Bonchev–Trinajstić information content (AvgIpc) is 3.03. The van der Waals surface area contributed by atoms with Gasteiger partial charge in [0.15, 0.2) is 0 Å². The van der Waals surface area contributed by atoms with Gasteiger partial charge in [0.2, 0.25) is 0 Å². The summed E-state index contributed by atoms with van der Waals surface area (Å²) in [5.74, 6) is -0.613. The van der Waals surface area contributed by atoms with E-state index >= 15 is 0 Å². The zero-order valence-corrected chi connectivity index (χ0v) is 18.3. The summed E-state index contributed by atoms with van der Waals surface area (Å²) < 4.78 is 0. The molecule has 3 amide bonds. The van der Waals surface area contributed by atoms with E-state index in [0.29, 0.717) is 16.7 Å². The van der Waals surface area contributed by atoms with Crippen LogP contribution in [0.4, 0.5) is 0 Å². The number of fused-ring (bicyclic) bond motifs is 1.